The summed E-state index contributed by atoms with van der Waals surface area (Å²) in [6, 6.07) is 16.9. The van der Waals surface area contributed by atoms with Crippen LogP contribution in [-0.2, 0) is 23.1 Å². The lowest BCUT2D eigenvalue weighted by atomic mass is 9.82. The number of fused-ring (bicyclic) bond motifs is 2. The monoisotopic (exact) mass is 449 g/mol. The van der Waals surface area contributed by atoms with Crippen molar-refractivity contribution in [3.8, 4) is 0 Å². The normalized spacial score (nSPS) is 19.9. The van der Waals surface area contributed by atoms with Gasteiger partial charge in [0.25, 0.3) is 0 Å². The number of aromatic nitrogens is 2. The summed E-state index contributed by atoms with van der Waals surface area (Å²) >= 11 is 6.14. The smallest absolute Gasteiger partial charge is 0.142 e. The molecule has 168 valence electrons. The summed E-state index contributed by atoms with van der Waals surface area (Å²) in [5, 5.41) is 0.758. The number of hydrogen-bond acceptors (Lipinski definition) is 3. The van der Waals surface area contributed by atoms with Gasteiger partial charge in [-0.15, -0.1) is 0 Å². The molecule has 5 rings (SSSR count). The number of benzene rings is 2. The van der Waals surface area contributed by atoms with E-state index >= 15 is 0 Å². The van der Waals surface area contributed by atoms with E-state index in [2.05, 4.69) is 73.0 Å². The molecule has 3 aromatic rings. The number of likely N-dealkylation sites (tertiary alicyclic amines) is 1. The second-order valence-corrected chi connectivity index (χ2v) is 10.2. The first-order chi connectivity index (χ1) is 15.4. The molecule has 5 heteroatoms. The Labute approximate surface area is 196 Å². The lowest BCUT2D eigenvalue weighted by Crippen LogP contribution is -2.35. The van der Waals surface area contributed by atoms with Crippen molar-refractivity contribution in [2.45, 2.75) is 57.3 Å². The molecule has 1 atom stereocenters. The number of halogens is 1. The first-order valence-electron chi connectivity index (χ1n) is 11.7. The maximum atomic E-state index is 6.83. The average molecular weight is 450 g/mol. The molecular formula is C27H32ClN3O. The maximum Gasteiger partial charge on any atom is 0.142 e. The van der Waals surface area contributed by atoms with Gasteiger partial charge in [0.15, 0.2) is 0 Å². The second-order valence-electron chi connectivity index (χ2n) is 9.78. The van der Waals surface area contributed by atoms with Crippen LogP contribution >= 0.6 is 11.6 Å². The molecule has 0 aliphatic carbocycles. The van der Waals surface area contributed by atoms with Crippen LogP contribution in [0.2, 0.25) is 5.02 Å². The number of rotatable bonds is 4. The van der Waals surface area contributed by atoms with Crippen molar-refractivity contribution in [2.75, 3.05) is 20.1 Å². The SMILES string of the molecule is CN1CCC(OC2c3ccccc3CCn3cc(C(C)(C)c4ccc(Cl)cc4)nc32)CC1. The van der Waals surface area contributed by atoms with Crippen molar-refractivity contribution in [3.63, 3.8) is 0 Å². The minimum Gasteiger partial charge on any atom is -0.362 e. The highest BCUT2D eigenvalue weighted by molar-refractivity contribution is 6.30. The summed E-state index contributed by atoms with van der Waals surface area (Å²) in [6.07, 6.45) is 5.50. The van der Waals surface area contributed by atoms with Crippen molar-refractivity contribution in [1.82, 2.24) is 14.5 Å². The molecule has 3 heterocycles. The number of nitrogens with zero attached hydrogens (tertiary/aromatic N) is 3. The van der Waals surface area contributed by atoms with E-state index in [1.807, 2.05) is 12.1 Å². The molecule has 1 fully saturated rings. The van der Waals surface area contributed by atoms with Crippen molar-refractivity contribution < 1.29 is 4.74 Å². The zero-order valence-electron chi connectivity index (χ0n) is 19.2. The molecule has 0 bridgehead atoms. The van der Waals surface area contributed by atoms with Crippen LogP contribution in [0.25, 0.3) is 0 Å². The Morgan fingerprint density at radius 3 is 2.47 bits per heavy atom. The third-order valence-corrected chi connectivity index (χ3v) is 7.45. The molecule has 2 aliphatic heterocycles. The lowest BCUT2D eigenvalue weighted by Gasteiger charge is -2.32. The van der Waals surface area contributed by atoms with Gasteiger partial charge in [0.2, 0.25) is 0 Å². The quantitative estimate of drug-likeness (QED) is 0.518. The standard InChI is InChI=1S/C27H32ClN3O/c1-27(2,20-8-10-21(28)11-9-20)24-18-31-17-12-19-6-4-5-7-23(19)25(26(31)29-24)32-22-13-15-30(3)16-14-22/h4-11,18,22,25H,12-17H2,1-3H3. The molecule has 1 aromatic heterocycles. The largest absolute Gasteiger partial charge is 0.362 e. The van der Waals surface area contributed by atoms with Crippen LogP contribution in [0.5, 0.6) is 0 Å². The third-order valence-electron chi connectivity index (χ3n) is 7.20. The van der Waals surface area contributed by atoms with E-state index in [0.717, 1.165) is 55.4 Å². The molecule has 0 amide bonds. The van der Waals surface area contributed by atoms with Crippen molar-refractivity contribution in [1.29, 1.82) is 0 Å². The van der Waals surface area contributed by atoms with Crippen molar-refractivity contribution in [2.24, 2.45) is 0 Å². The van der Waals surface area contributed by atoms with Crippen LogP contribution in [0.15, 0.2) is 54.7 Å². The Morgan fingerprint density at radius 2 is 1.72 bits per heavy atom. The van der Waals surface area contributed by atoms with Gasteiger partial charge in [0.1, 0.15) is 11.9 Å². The zero-order valence-corrected chi connectivity index (χ0v) is 20.0. The summed E-state index contributed by atoms with van der Waals surface area (Å²) in [4.78, 5) is 7.62. The Bertz CT molecular complexity index is 1080. The van der Waals surface area contributed by atoms with Crippen LogP contribution < -0.4 is 0 Å². The summed E-state index contributed by atoms with van der Waals surface area (Å²) < 4.78 is 9.16. The highest BCUT2D eigenvalue weighted by atomic mass is 35.5. The van der Waals surface area contributed by atoms with Crippen molar-refractivity contribution >= 4 is 11.6 Å². The zero-order chi connectivity index (χ0) is 22.3. The number of piperidine rings is 1. The lowest BCUT2D eigenvalue weighted by molar-refractivity contribution is -0.0276. The second kappa shape index (κ2) is 8.66. The van der Waals surface area contributed by atoms with Gasteiger partial charge in [0, 0.05) is 36.3 Å². The Kier molecular flexibility index (Phi) is 5.87. The highest BCUT2D eigenvalue weighted by Crippen LogP contribution is 2.38. The molecule has 1 saturated heterocycles. The topological polar surface area (TPSA) is 30.3 Å². The summed E-state index contributed by atoms with van der Waals surface area (Å²) in [5.41, 5.74) is 4.71. The summed E-state index contributed by atoms with van der Waals surface area (Å²) in [5.74, 6) is 1.03. The number of hydrogen-bond donors (Lipinski definition) is 0. The fraction of sp³-hybridized carbons (Fsp3) is 0.444. The fourth-order valence-electron chi connectivity index (χ4n) is 4.98. The minimum absolute atomic E-state index is 0.128. The molecule has 0 spiro atoms. The molecule has 2 aliphatic rings. The van der Waals surface area contributed by atoms with Gasteiger partial charge < -0.3 is 14.2 Å². The predicted molar refractivity (Wildman–Crippen MR) is 129 cm³/mol. The van der Waals surface area contributed by atoms with Gasteiger partial charge in [-0.05, 0) is 55.1 Å². The van der Waals surface area contributed by atoms with Crippen LogP contribution in [0.1, 0.15) is 61.0 Å². The number of aryl methyl sites for hydroxylation is 2. The van der Waals surface area contributed by atoms with E-state index in [9.17, 15) is 0 Å². The van der Waals surface area contributed by atoms with Crippen LogP contribution in [0.3, 0.4) is 0 Å². The highest BCUT2D eigenvalue weighted by Gasteiger charge is 2.34. The van der Waals surface area contributed by atoms with E-state index in [1.54, 1.807) is 0 Å². The molecule has 2 aromatic carbocycles. The van der Waals surface area contributed by atoms with E-state index in [1.165, 1.54) is 16.7 Å². The Hall–Kier alpha value is -2.14. The average Bonchev–Trinajstić information content (AvgIpc) is 3.17. The Balaban J connectivity index is 1.53. The Morgan fingerprint density at radius 1 is 1.00 bits per heavy atom. The van der Waals surface area contributed by atoms with E-state index < -0.39 is 0 Å². The van der Waals surface area contributed by atoms with Crippen LogP contribution in [-0.4, -0.2) is 40.7 Å². The first-order valence-corrected chi connectivity index (χ1v) is 12.0. The molecule has 0 radical (unpaired) electrons. The molecular weight excluding hydrogens is 418 g/mol. The molecule has 4 nitrogen and oxygen atoms in total. The van der Waals surface area contributed by atoms with Gasteiger partial charge in [-0.1, -0.05) is 61.8 Å². The van der Waals surface area contributed by atoms with Gasteiger partial charge in [-0.3, -0.25) is 0 Å². The maximum absolute atomic E-state index is 6.83. The van der Waals surface area contributed by atoms with E-state index in [4.69, 9.17) is 21.3 Å². The first kappa shape index (κ1) is 21.7. The van der Waals surface area contributed by atoms with Gasteiger partial charge in [-0.25, -0.2) is 4.98 Å². The van der Waals surface area contributed by atoms with Crippen molar-refractivity contribution in [3.05, 3.63) is 88.0 Å². The summed E-state index contributed by atoms with van der Waals surface area (Å²) in [6.45, 7) is 7.56. The fourth-order valence-corrected chi connectivity index (χ4v) is 5.11. The van der Waals surface area contributed by atoms with Gasteiger partial charge in [-0.2, -0.15) is 0 Å². The van der Waals surface area contributed by atoms with E-state index in [0.29, 0.717) is 0 Å². The third kappa shape index (κ3) is 4.12. The number of imidazole rings is 1. The minimum atomic E-state index is -0.221. The number of ether oxygens (including phenoxy) is 1. The molecule has 0 saturated carbocycles. The molecule has 0 N–H and O–H groups in total. The van der Waals surface area contributed by atoms with E-state index in [-0.39, 0.29) is 17.6 Å². The molecule has 32 heavy (non-hydrogen) atoms. The van der Waals surface area contributed by atoms with Crippen LogP contribution in [0, 0.1) is 0 Å². The van der Waals surface area contributed by atoms with Gasteiger partial charge in [0.05, 0.1) is 11.8 Å². The molecule has 1 unspecified atom stereocenters. The van der Waals surface area contributed by atoms with Gasteiger partial charge >= 0.3 is 0 Å². The van der Waals surface area contributed by atoms with Crippen LogP contribution in [0.4, 0.5) is 0 Å². The predicted octanol–water partition coefficient (Wildman–Crippen LogP) is 5.62. The summed E-state index contributed by atoms with van der Waals surface area (Å²) in [7, 11) is 2.19.